The van der Waals surface area contributed by atoms with Gasteiger partial charge in [-0.15, -0.1) is 24.8 Å². The van der Waals surface area contributed by atoms with E-state index < -0.39 is 29.8 Å². The smallest absolute Gasteiger partial charge is 0.391 e. The van der Waals surface area contributed by atoms with Gasteiger partial charge in [0.25, 0.3) is 0 Å². The van der Waals surface area contributed by atoms with Gasteiger partial charge in [-0.3, -0.25) is 4.79 Å². The number of halogens is 4. The fourth-order valence-electron chi connectivity index (χ4n) is 1.04. The number of hydrogen-bond donors (Lipinski definition) is 2. The molecule has 0 unspecified atom stereocenters. The molecule has 8 heteroatoms. The molecule has 16 heavy (non-hydrogen) atoms. The minimum absolute atomic E-state index is 0.0723. The number of rotatable bonds is 3. The van der Waals surface area contributed by atoms with Crippen LogP contribution in [-0.2, 0) is 12.5 Å². The Morgan fingerprint density at radius 1 is 1.50 bits per heavy atom. The summed E-state index contributed by atoms with van der Waals surface area (Å²) in [5, 5.41) is 8.76. The van der Waals surface area contributed by atoms with Crippen LogP contribution < -0.4 is 10.2 Å². The number of aromatic nitrogens is 1. The largest absolute Gasteiger partial charge is 0.574 e. The number of aromatic amines is 1. The van der Waals surface area contributed by atoms with Crippen molar-refractivity contribution in [2.24, 2.45) is 0 Å². The molecule has 0 atom stereocenters. The Labute approximate surface area is 92.6 Å². The third kappa shape index (κ3) is 3.14. The molecule has 1 aromatic rings. The van der Waals surface area contributed by atoms with Gasteiger partial charge in [0.2, 0.25) is 5.88 Å². The number of pyridine rings is 1. The van der Waals surface area contributed by atoms with Crippen molar-refractivity contribution in [3.8, 4) is 5.88 Å². The van der Waals surface area contributed by atoms with E-state index in [1.165, 1.54) is 0 Å². The third-order valence-corrected chi connectivity index (χ3v) is 1.96. The molecule has 0 aliphatic heterocycles. The zero-order chi connectivity index (χ0) is 12.3. The van der Waals surface area contributed by atoms with Crippen molar-refractivity contribution in [1.29, 1.82) is 0 Å². The van der Waals surface area contributed by atoms with E-state index in [1.807, 2.05) is 0 Å². The van der Waals surface area contributed by atoms with Crippen molar-refractivity contribution in [3.63, 3.8) is 0 Å². The van der Waals surface area contributed by atoms with Gasteiger partial charge in [0, 0.05) is 11.8 Å². The lowest BCUT2D eigenvalue weighted by Crippen LogP contribution is -2.22. The highest BCUT2D eigenvalue weighted by atomic mass is 35.5. The second-order valence-corrected chi connectivity index (χ2v) is 3.07. The van der Waals surface area contributed by atoms with Gasteiger partial charge >= 0.3 is 6.36 Å². The molecule has 0 radical (unpaired) electrons. The minimum atomic E-state index is -4.95. The molecule has 1 aromatic heterocycles. The summed E-state index contributed by atoms with van der Waals surface area (Å²) in [6.45, 7) is -0.858. The van der Waals surface area contributed by atoms with E-state index in [-0.39, 0.29) is 11.6 Å². The van der Waals surface area contributed by atoms with E-state index in [2.05, 4.69) is 9.72 Å². The molecule has 0 aromatic carbocycles. The summed E-state index contributed by atoms with van der Waals surface area (Å²) in [6, 6.07) is 1.00. The predicted molar refractivity (Wildman–Crippen MR) is 49.2 cm³/mol. The lowest BCUT2D eigenvalue weighted by Gasteiger charge is -2.12. The molecule has 0 aliphatic carbocycles. The van der Waals surface area contributed by atoms with Crippen LogP contribution in [-0.4, -0.2) is 16.5 Å². The van der Waals surface area contributed by atoms with Crippen molar-refractivity contribution < 1.29 is 23.0 Å². The van der Waals surface area contributed by atoms with Crippen LogP contribution in [0, 0.1) is 0 Å². The van der Waals surface area contributed by atoms with E-state index in [0.717, 1.165) is 6.07 Å². The number of ether oxygens (including phenoxy) is 1. The first-order valence-corrected chi connectivity index (χ1v) is 4.58. The maximum atomic E-state index is 12.0. The molecule has 0 aliphatic rings. The Morgan fingerprint density at radius 3 is 2.56 bits per heavy atom. The fraction of sp³-hybridized carbons (Fsp3) is 0.375. The van der Waals surface area contributed by atoms with E-state index >= 15 is 0 Å². The highest BCUT2D eigenvalue weighted by molar-refractivity contribution is 6.16. The molecule has 0 bridgehead atoms. The number of aliphatic hydroxyl groups excluding tert-OH is 1. The molecule has 90 valence electrons. The molecular formula is C8H7ClF3NO3. The molecule has 0 amide bonds. The van der Waals surface area contributed by atoms with Crippen LogP contribution in [0.25, 0.3) is 0 Å². The van der Waals surface area contributed by atoms with Gasteiger partial charge in [0.05, 0.1) is 18.1 Å². The van der Waals surface area contributed by atoms with Gasteiger partial charge in [-0.2, -0.15) is 0 Å². The minimum Gasteiger partial charge on any atom is -0.391 e. The summed E-state index contributed by atoms with van der Waals surface area (Å²) in [5.74, 6) is -1.01. The Hall–Kier alpha value is -1.21. The van der Waals surface area contributed by atoms with Gasteiger partial charge in [0.15, 0.2) is 5.43 Å². The lowest BCUT2D eigenvalue weighted by molar-refractivity contribution is -0.276. The van der Waals surface area contributed by atoms with Crippen molar-refractivity contribution in [3.05, 3.63) is 27.5 Å². The summed E-state index contributed by atoms with van der Waals surface area (Å²) in [7, 11) is 0. The van der Waals surface area contributed by atoms with Crippen LogP contribution >= 0.6 is 11.6 Å². The van der Waals surface area contributed by atoms with Crippen LogP contribution in [0.4, 0.5) is 13.2 Å². The molecule has 0 saturated carbocycles. The first-order chi connectivity index (χ1) is 7.37. The number of H-pyrrole nitrogens is 1. The second-order valence-electron chi connectivity index (χ2n) is 2.81. The Balaban J connectivity index is 3.23. The number of alkyl halides is 4. The maximum Gasteiger partial charge on any atom is 0.574 e. The maximum absolute atomic E-state index is 12.0. The van der Waals surface area contributed by atoms with Crippen LogP contribution in [0.5, 0.6) is 5.88 Å². The molecule has 4 nitrogen and oxygen atoms in total. The van der Waals surface area contributed by atoms with Crippen molar-refractivity contribution in [1.82, 2.24) is 4.98 Å². The molecule has 0 fully saturated rings. The van der Waals surface area contributed by atoms with E-state index in [4.69, 9.17) is 16.7 Å². The number of nitrogens with one attached hydrogen (secondary N) is 1. The van der Waals surface area contributed by atoms with Gasteiger partial charge < -0.3 is 14.8 Å². The van der Waals surface area contributed by atoms with Crippen molar-refractivity contribution >= 4 is 11.6 Å². The van der Waals surface area contributed by atoms with Crippen molar-refractivity contribution in [2.45, 2.75) is 18.8 Å². The molecule has 0 spiro atoms. The first-order valence-electron chi connectivity index (χ1n) is 4.05. The zero-order valence-corrected chi connectivity index (χ0v) is 8.52. The van der Waals surface area contributed by atoms with Crippen LogP contribution in [0.2, 0.25) is 0 Å². The van der Waals surface area contributed by atoms with E-state index in [0.29, 0.717) is 0 Å². The fourth-order valence-corrected chi connectivity index (χ4v) is 1.18. The van der Waals surface area contributed by atoms with E-state index in [1.54, 1.807) is 0 Å². The molecule has 0 saturated heterocycles. The number of aliphatic hydroxyl groups is 1. The second kappa shape index (κ2) is 4.75. The number of hydrogen-bond acceptors (Lipinski definition) is 3. The van der Waals surface area contributed by atoms with Crippen LogP contribution in [0.15, 0.2) is 10.9 Å². The van der Waals surface area contributed by atoms with Gasteiger partial charge in [0.1, 0.15) is 0 Å². The average molecular weight is 258 g/mol. The standard InChI is InChI=1S/C8H7ClF3NO3/c9-2-4-1-6(15)5(3-14)7(13-4)16-8(10,11)12/h1,14H,2-3H2,(H,13,15). The first kappa shape index (κ1) is 12.9. The van der Waals surface area contributed by atoms with Crippen LogP contribution in [0.3, 0.4) is 0 Å². The highest BCUT2D eigenvalue weighted by Gasteiger charge is 2.33. The molecule has 1 rings (SSSR count). The molecule has 1 heterocycles. The monoisotopic (exact) mass is 257 g/mol. The van der Waals surface area contributed by atoms with Crippen molar-refractivity contribution in [2.75, 3.05) is 0 Å². The van der Waals surface area contributed by atoms with Gasteiger partial charge in [-0.1, -0.05) is 0 Å². The summed E-state index contributed by atoms with van der Waals surface area (Å²) in [5.41, 5.74) is -1.19. The highest BCUT2D eigenvalue weighted by Crippen LogP contribution is 2.23. The topological polar surface area (TPSA) is 62.3 Å². The summed E-state index contributed by atoms with van der Waals surface area (Å²) >= 11 is 5.37. The normalized spacial score (nSPS) is 11.6. The third-order valence-electron chi connectivity index (χ3n) is 1.67. The van der Waals surface area contributed by atoms with Gasteiger partial charge in [-0.05, 0) is 0 Å². The average Bonchev–Trinajstić information content (AvgIpc) is 2.14. The quantitative estimate of drug-likeness (QED) is 0.807. The van der Waals surface area contributed by atoms with Gasteiger partial charge in [-0.25, -0.2) is 0 Å². The van der Waals surface area contributed by atoms with Crippen LogP contribution in [0.1, 0.15) is 11.3 Å². The van der Waals surface area contributed by atoms with E-state index in [9.17, 15) is 18.0 Å². The predicted octanol–water partition coefficient (Wildman–Crippen LogP) is 1.50. The summed E-state index contributed by atoms with van der Waals surface area (Å²) in [6.07, 6.45) is -4.95. The Kier molecular flexibility index (Phi) is 3.82. The summed E-state index contributed by atoms with van der Waals surface area (Å²) in [4.78, 5) is 13.4. The zero-order valence-electron chi connectivity index (χ0n) is 7.77. The molecular weight excluding hydrogens is 251 g/mol. The Bertz CT molecular complexity index is 430. The SMILES string of the molecule is O=c1cc(CCl)[nH]c(OC(F)(F)F)c1CO. The summed E-state index contributed by atoms with van der Waals surface area (Å²) < 4.78 is 39.5. The molecule has 2 N–H and O–H groups in total. The Morgan fingerprint density at radius 2 is 2.12 bits per heavy atom. The lowest BCUT2D eigenvalue weighted by atomic mass is 10.2.